The molecule has 6 heteroatoms. The summed E-state index contributed by atoms with van der Waals surface area (Å²) in [5.41, 5.74) is 1.97. The summed E-state index contributed by atoms with van der Waals surface area (Å²) in [6, 6.07) is 12.2. The van der Waals surface area contributed by atoms with Gasteiger partial charge in [0, 0.05) is 17.0 Å². The first kappa shape index (κ1) is 17.5. The van der Waals surface area contributed by atoms with Gasteiger partial charge in [-0.3, -0.25) is 0 Å². The van der Waals surface area contributed by atoms with E-state index in [9.17, 15) is 9.90 Å². The van der Waals surface area contributed by atoms with Crippen LogP contribution < -0.4 is 14.2 Å². The van der Waals surface area contributed by atoms with Gasteiger partial charge >= 0.3 is 5.97 Å². The van der Waals surface area contributed by atoms with Crippen LogP contribution in [-0.4, -0.2) is 36.9 Å². The minimum Gasteiger partial charge on any atom is -0.497 e. The van der Waals surface area contributed by atoms with Crippen LogP contribution in [0.15, 0.2) is 42.5 Å². The fraction of sp³-hybridized carbons (Fsp3) is 0.200. The average molecular weight is 353 g/mol. The van der Waals surface area contributed by atoms with Crippen molar-refractivity contribution in [3.8, 4) is 28.5 Å². The van der Waals surface area contributed by atoms with Crippen molar-refractivity contribution >= 4 is 16.9 Å². The van der Waals surface area contributed by atoms with E-state index in [0.29, 0.717) is 40.5 Å². The highest BCUT2D eigenvalue weighted by Gasteiger charge is 2.17. The van der Waals surface area contributed by atoms with E-state index in [0.717, 1.165) is 5.56 Å². The van der Waals surface area contributed by atoms with Gasteiger partial charge in [0.15, 0.2) is 11.5 Å². The number of ether oxygens (including phenoxy) is 3. The number of carboxylic acid groups (broad SMARTS) is 1. The van der Waals surface area contributed by atoms with E-state index in [-0.39, 0.29) is 5.56 Å². The third-order valence-electron chi connectivity index (χ3n) is 3.99. The zero-order chi connectivity index (χ0) is 18.7. The summed E-state index contributed by atoms with van der Waals surface area (Å²) in [5.74, 6) is 0.631. The van der Waals surface area contributed by atoms with Gasteiger partial charge in [0.25, 0.3) is 0 Å². The van der Waals surface area contributed by atoms with Crippen molar-refractivity contribution in [2.45, 2.75) is 6.92 Å². The highest BCUT2D eigenvalue weighted by molar-refractivity contribution is 6.04. The lowest BCUT2D eigenvalue weighted by atomic mass is 10.0. The molecule has 1 heterocycles. The predicted octanol–water partition coefficient (Wildman–Crippen LogP) is 4.02. The van der Waals surface area contributed by atoms with Gasteiger partial charge in [0.2, 0.25) is 0 Å². The molecule has 0 aliphatic carbocycles. The number of methoxy groups -OCH3 is 2. The van der Waals surface area contributed by atoms with Gasteiger partial charge in [0.1, 0.15) is 5.75 Å². The Morgan fingerprint density at radius 2 is 1.88 bits per heavy atom. The number of benzene rings is 2. The number of aromatic carboxylic acids is 1. The molecule has 1 N–H and O–H groups in total. The molecule has 0 saturated heterocycles. The van der Waals surface area contributed by atoms with Gasteiger partial charge in [-0.2, -0.15) is 0 Å². The molecule has 0 radical (unpaired) electrons. The smallest absolute Gasteiger partial charge is 0.336 e. The first-order chi connectivity index (χ1) is 12.6. The lowest BCUT2D eigenvalue weighted by Gasteiger charge is -2.13. The fourth-order valence-corrected chi connectivity index (χ4v) is 2.77. The molecule has 2 aromatic carbocycles. The molecule has 134 valence electrons. The summed E-state index contributed by atoms with van der Waals surface area (Å²) in [6.07, 6.45) is 0. The molecule has 3 aromatic rings. The summed E-state index contributed by atoms with van der Waals surface area (Å²) in [7, 11) is 3.11. The summed E-state index contributed by atoms with van der Waals surface area (Å²) >= 11 is 0. The predicted molar refractivity (Wildman–Crippen MR) is 98.4 cm³/mol. The molecular weight excluding hydrogens is 334 g/mol. The number of rotatable bonds is 6. The third-order valence-corrected chi connectivity index (χ3v) is 3.99. The second-order valence-corrected chi connectivity index (χ2v) is 5.55. The van der Waals surface area contributed by atoms with Crippen LogP contribution >= 0.6 is 0 Å². The maximum absolute atomic E-state index is 11.8. The number of hydrogen-bond acceptors (Lipinski definition) is 5. The normalized spacial score (nSPS) is 10.6. The topological polar surface area (TPSA) is 77.9 Å². The lowest BCUT2D eigenvalue weighted by Crippen LogP contribution is -2.02. The molecule has 0 bridgehead atoms. The zero-order valence-electron chi connectivity index (χ0n) is 14.8. The van der Waals surface area contributed by atoms with Crippen molar-refractivity contribution in [2.24, 2.45) is 0 Å². The van der Waals surface area contributed by atoms with Crippen molar-refractivity contribution in [1.29, 1.82) is 0 Å². The Labute approximate surface area is 151 Å². The molecule has 6 nitrogen and oxygen atoms in total. The van der Waals surface area contributed by atoms with E-state index >= 15 is 0 Å². The highest BCUT2D eigenvalue weighted by Crippen LogP contribution is 2.35. The molecule has 1 aromatic heterocycles. The maximum atomic E-state index is 11.8. The number of aromatic nitrogens is 1. The summed E-state index contributed by atoms with van der Waals surface area (Å²) < 4.78 is 16.1. The molecule has 0 atom stereocenters. The van der Waals surface area contributed by atoms with Crippen molar-refractivity contribution in [2.75, 3.05) is 20.8 Å². The molecule has 0 amide bonds. The molecule has 0 aliphatic rings. The molecule has 0 saturated carbocycles. The van der Waals surface area contributed by atoms with Crippen molar-refractivity contribution in [1.82, 2.24) is 4.98 Å². The molecule has 0 spiro atoms. The lowest BCUT2D eigenvalue weighted by molar-refractivity contribution is 0.0699. The molecule has 0 unspecified atom stereocenters. The Morgan fingerprint density at radius 1 is 1.08 bits per heavy atom. The number of pyridine rings is 1. The largest absolute Gasteiger partial charge is 0.497 e. The Bertz CT molecular complexity index is 968. The summed E-state index contributed by atoms with van der Waals surface area (Å²) in [6.45, 7) is 2.30. The van der Waals surface area contributed by atoms with Gasteiger partial charge in [-0.05, 0) is 31.2 Å². The summed E-state index contributed by atoms with van der Waals surface area (Å²) in [4.78, 5) is 16.4. The van der Waals surface area contributed by atoms with Crippen LogP contribution in [0.25, 0.3) is 22.2 Å². The van der Waals surface area contributed by atoms with Gasteiger partial charge < -0.3 is 19.3 Å². The number of fused-ring (bicyclic) bond motifs is 1. The molecule has 26 heavy (non-hydrogen) atoms. The minimum atomic E-state index is -1.03. The number of hydrogen-bond donors (Lipinski definition) is 1. The van der Waals surface area contributed by atoms with Crippen LogP contribution in [0, 0.1) is 0 Å². The Balaban J connectivity index is 2.26. The SMILES string of the molecule is CCOc1cc2c(C(=O)O)cc(-c3cccc(OC)c3)nc2cc1OC. The number of carbonyl (C=O) groups is 1. The second-order valence-electron chi connectivity index (χ2n) is 5.55. The van der Waals surface area contributed by atoms with E-state index in [1.807, 2.05) is 31.2 Å². The van der Waals surface area contributed by atoms with E-state index in [1.165, 1.54) is 7.11 Å². The standard InChI is InChI=1S/C20H19NO5/c1-4-26-19-10-14-15(20(22)23)9-16(21-17(14)11-18(19)25-3)12-6-5-7-13(8-12)24-2/h5-11H,4H2,1-3H3,(H,22,23). The van der Waals surface area contributed by atoms with Crippen LogP contribution in [0.4, 0.5) is 0 Å². The maximum Gasteiger partial charge on any atom is 0.336 e. The zero-order valence-corrected chi connectivity index (χ0v) is 14.8. The summed E-state index contributed by atoms with van der Waals surface area (Å²) in [5, 5.41) is 10.2. The third kappa shape index (κ3) is 3.26. The minimum absolute atomic E-state index is 0.149. The van der Waals surface area contributed by atoms with E-state index in [4.69, 9.17) is 14.2 Å². The first-order valence-corrected chi connectivity index (χ1v) is 8.10. The number of nitrogens with zero attached hydrogens (tertiary/aromatic N) is 1. The van der Waals surface area contributed by atoms with Crippen LogP contribution in [0.1, 0.15) is 17.3 Å². The molecular formula is C20H19NO5. The number of carboxylic acids is 1. The van der Waals surface area contributed by atoms with Crippen LogP contribution in [-0.2, 0) is 0 Å². The quantitative estimate of drug-likeness (QED) is 0.721. The van der Waals surface area contributed by atoms with Crippen molar-refractivity contribution in [3.63, 3.8) is 0 Å². The van der Waals surface area contributed by atoms with Crippen LogP contribution in [0.5, 0.6) is 17.2 Å². The monoisotopic (exact) mass is 353 g/mol. The van der Waals surface area contributed by atoms with Crippen LogP contribution in [0.2, 0.25) is 0 Å². The van der Waals surface area contributed by atoms with Gasteiger partial charge in [-0.25, -0.2) is 9.78 Å². The van der Waals surface area contributed by atoms with E-state index in [2.05, 4.69) is 4.98 Å². The van der Waals surface area contributed by atoms with E-state index < -0.39 is 5.97 Å². The Kier molecular flexibility index (Phi) is 4.93. The second kappa shape index (κ2) is 7.31. The van der Waals surface area contributed by atoms with E-state index in [1.54, 1.807) is 25.3 Å². The van der Waals surface area contributed by atoms with Gasteiger partial charge in [0.05, 0.1) is 37.6 Å². The Hall–Kier alpha value is -3.28. The van der Waals surface area contributed by atoms with Crippen molar-refractivity contribution < 1.29 is 24.1 Å². The van der Waals surface area contributed by atoms with Gasteiger partial charge in [-0.15, -0.1) is 0 Å². The van der Waals surface area contributed by atoms with Crippen molar-refractivity contribution in [3.05, 3.63) is 48.0 Å². The average Bonchev–Trinajstić information content (AvgIpc) is 2.66. The molecule has 3 rings (SSSR count). The Morgan fingerprint density at radius 3 is 2.54 bits per heavy atom. The fourth-order valence-electron chi connectivity index (χ4n) is 2.77. The molecule has 0 fully saturated rings. The first-order valence-electron chi connectivity index (χ1n) is 8.10. The van der Waals surface area contributed by atoms with Crippen LogP contribution in [0.3, 0.4) is 0 Å². The molecule has 0 aliphatic heterocycles. The van der Waals surface area contributed by atoms with Gasteiger partial charge in [-0.1, -0.05) is 12.1 Å². The highest BCUT2D eigenvalue weighted by atomic mass is 16.5.